The zero-order valence-corrected chi connectivity index (χ0v) is 21.7. The van der Waals surface area contributed by atoms with Crippen molar-refractivity contribution in [2.24, 2.45) is 7.05 Å². The number of nitrogen functional groups attached to an aromatic ring is 1. The van der Waals surface area contributed by atoms with E-state index in [0.29, 0.717) is 24.6 Å². The Bertz CT molecular complexity index is 1160. The Morgan fingerprint density at radius 1 is 1.17 bits per heavy atom. The molecule has 186 valence electrons. The molecule has 3 amide bonds. The fourth-order valence-corrected chi connectivity index (χ4v) is 4.65. The van der Waals surface area contributed by atoms with Gasteiger partial charge in [0.1, 0.15) is 0 Å². The Labute approximate surface area is 218 Å². The highest BCUT2D eigenvalue weighted by Gasteiger charge is 2.31. The van der Waals surface area contributed by atoms with Crippen LogP contribution in [0.25, 0.3) is 0 Å². The monoisotopic (exact) mass is 562 g/mol. The van der Waals surface area contributed by atoms with E-state index in [-0.39, 0.29) is 43.5 Å². The van der Waals surface area contributed by atoms with E-state index in [1.54, 1.807) is 24.1 Å². The molecule has 1 unspecified atom stereocenters. The van der Waals surface area contributed by atoms with Crippen molar-refractivity contribution in [3.8, 4) is 0 Å². The van der Waals surface area contributed by atoms with Crippen LogP contribution in [0.5, 0.6) is 0 Å². The number of nitrogens with zero attached hydrogens (tertiary/aromatic N) is 6. The van der Waals surface area contributed by atoms with Crippen LogP contribution in [-0.4, -0.2) is 55.0 Å². The van der Waals surface area contributed by atoms with Gasteiger partial charge in [-0.1, -0.05) is 46.3 Å². The van der Waals surface area contributed by atoms with E-state index >= 15 is 0 Å². The van der Waals surface area contributed by atoms with Gasteiger partial charge in [0.05, 0.1) is 26.2 Å². The largest absolute Gasteiger partial charge is 0.399 e. The lowest BCUT2D eigenvalue weighted by molar-refractivity contribution is -0.131. The summed E-state index contributed by atoms with van der Waals surface area (Å²) in [4.78, 5) is 30.9. The van der Waals surface area contributed by atoms with Crippen LogP contribution in [0.4, 0.5) is 10.5 Å². The van der Waals surface area contributed by atoms with Gasteiger partial charge in [-0.15, -0.1) is 22.6 Å². The van der Waals surface area contributed by atoms with Crippen LogP contribution in [0.2, 0.25) is 0 Å². The van der Waals surface area contributed by atoms with Crippen LogP contribution < -0.4 is 11.1 Å². The van der Waals surface area contributed by atoms with Gasteiger partial charge in [-0.2, -0.15) is 4.80 Å². The fourth-order valence-electron chi connectivity index (χ4n) is 4.10. The zero-order chi connectivity index (χ0) is 24.1. The number of tetrazole rings is 1. The topological polar surface area (TPSA) is 122 Å². The second-order valence-electron chi connectivity index (χ2n) is 8.22. The van der Waals surface area contributed by atoms with E-state index in [1.165, 1.54) is 4.80 Å². The molecule has 0 radical (unpaired) electrons. The fraction of sp³-hybridized carbons (Fsp3) is 0.348. The van der Waals surface area contributed by atoms with Crippen LogP contribution in [0.15, 0.2) is 53.0 Å². The smallest absolute Gasteiger partial charge is 0.318 e. The molecule has 1 atom stereocenters. The standard InChI is InChI=1S/C23H27BrN8O2.ClH/c1-30-28-21(27-29-30)15-31(14-16-8-10-17(25)11-9-16)23(34)26-13-22(33)32-12-4-7-20(32)18-5-2-3-6-19(18)24;/h2-3,5-6,8-11,20H,4,7,12-15,25H2,1H3,(H,26,34);1H. The van der Waals surface area contributed by atoms with Crippen molar-refractivity contribution in [3.63, 3.8) is 0 Å². The highest BCUT2D eigenvalue weighted by atomic mass is 79.9. The van der Waals surface area contributed by atoms with Crippen molar-refractivity contribution in [3.05, 3.63) is 70.0 Å². The molecule has 35 heavy (non-hydrogen) atoms. The Balaban J connectivity index is 0.00000342. The number of hydrogen-bond acceptors (Lipinski definition) is 6. The first-order valence-corrected chi connectivity index (χ1v) is 11.8. The van der Waals surface area contributed by atoms with Crippen molar-refractivity contribution >= 4 is 46.0 Å². The highest BCUT2D eigenvalue weighted by Crippen LogP contribution is 2.35. The maximum Gasteiger partial charge on any atom is 0.318 e. The molecule has 0 bridgehead atoms. The van der Waals surface area contributed by atoms with Gasteiger partial charge in [-0.3, -0.25) is 4.79 Å². The van der Waals surface area contributed by atoms with E-state index < -0.39 is 0 Å². The minimum atomic E-state index is -0.380. The van der Waals surface area contributed by atoms with E-state index in [1.807, 2.05) is 41.3 Å². The summed E-state index contributed by atoms with van der Waals surface area (Å²) in [5.41, 5.74) is 8.40. The number of benzene rings is 2. The molecule has 12 heteroatoms. The summed E-state index contributed by atoms with van der Waals surface area (Å²) in [7, 11) is 1.66. The predicted molar refractivity (Wildman–Crippen MR) is 137 cm³/mol. The SMILES string of the molecule is Cl.Cn1nnc(CN(Cc2ccc(N)cc2)C(=O)NCC(=O)N2CCCC2c2ccccc2Br)n1. The number of nitrogens with one attached hydrogen (secondary N) is 1. The van der Waals surface area contributed by atoms with Crippen molar-refractivity contribution in [1.29, 1.82) is 0 Å². The molecule has 1 aliphatic rings. The highest BCUT2D eigenvalue weighted by molar-refractivity contribution is 9.10. The van der Waals surface area contributed by atoms with Crippen LogP contribution in [-0.2, 0) is 24.9 Å². The first-order chi connectivity index (χ1) is 16.4. The predicted octanol–water partition coefficient (Wildman–Crippen LogP) is 3.05. The summed E-state index contributed by atoms with van der Waals surface area (Å²) in [6.07, 6.45) is 1.82. The van der Waals surface area contributed by atoms with Gasteiger partial charge < -0.3 is 20.9 Å². The van der Waals surface area contributed by atoms with Crippen LogP contribution in [0.1, 0.15) is 35.8 Å². The lowest BCUT2D eigenvalue weighted by atomic mass is 10.0. The third kappa shape index (κ3) is 6.70. The van der Waals surface area contributed by atoms with Gasteiger partial charge in [0.2, 0.25) is 5.91 Å². The van der Waals surface area contributed by atoms with Crippen LogP contribution >= 0.6 is 28.3 Å². The van der Waals surface area contributed by atoms with Crippen LogP contribution in [0, 0.1) is 0 Å². The quantitative estimate of drug-likeness (QED) is 0.426. The Morgan fingerprint density at radius 3 is 2.60 bits per heavy atom. The summed E-state index contributed by atoms with van der Waals surface area (Å²) < 4.78 is 0.981. The van der Waals surface area contributed by atoms with Gasteiger partial charge in [0.25, 0.3) is 0 Å². The Kier molecular flexibility index (Phi) is 9.05. The zero-order valence-electron chi connectivity index (χ0n) is 19.3. The van der Waals surface area contributed by atoms with Crippen molar-refractivity contribution in [2.45, 2.75) is 32.0 Å². The summed E-state index contributed by atoms with van der Waals surface area (Å²) in [6, 6.07) is 14.8. The second kappa shape index (κ2) is 12.0. The normalized spacial score (nSPS) is 14.9. The average molecular weight is 564 g/mol. The van der Waals surface area contributed by atoms with E-state index in [9.17, 15) is 9.59 Å². The van der Waals surface area contributed by atoms with Crippen molar-refractivity contribution in [1.82, 2.24) is 35.3 Å². The molecule has 2 aromatic carbocycles. The summed E-state index contributed by atoms with van der Waals surface area (Å²) in [5, 5.41) is 14.8. The number of likely N-dealkylation sites (tertiary alicyclic amines) is 1. The number of aromatic nitrogens is 4. The molecule has 0 aliphatic carbocycles. The molecule has 4 rings (SSSR count). The number of nitrogens with two attached hydrogens (primary N) is 1. The number of carbonyl (C=O) groups excluding carboxylic acids is 2. The summed E-state index contributed by atoms with van der Waals surface area (Å²) in [6.45, 7) is 1.04. The lowest BCUT2D eigenvalue weighted by Gasteiger charge is -2.27. The van der Waals surface area contributed by atoms with Crippen LogP contribution in [0.3, 0.4) is 0 Å². The average Bonchev–Trinajstić information content (AvgIpc) is 3.47. The number of carbonyl (C=O) groups is 2. The van der Waals surface area contributed by atoms with Crippen molar-refractivity contribution in [2.75, 3.05) is 18.8 Å². The molecule has 3 aromatic rings. The number of rotatable bonds is 7. The molecule has 2 heterocycles. The lowest BCUT2D eigenvalue weighted by Crippen LogP contribution is -2.45. The molecule has 1 fully saturated rings. The van der Waals surface area contributed by atoms with Gasteiger partial charge in [0, 0.05) is 23.2 Å². The first kappa shape index (κ1) is 26.4. The Hall–Kier alpha value is -3.18. The molecule has 10 nitrogen and oxygen atoms in total. The first-order valence-electron chi connectivity index (χ1n) is 11.0. The molecular formula is C23H28BrClN8O2. The van der Waals surface area contributed by atoms with Gasteiger partial charge in [-0.05, 0) is 47.4 Å². The van der Waals surface area contributed by atoms with Crippen molar-refractivity contribution < 1.29 is 9.59 Å². The number of urea groups is 1. The van der Waals surface area contributed by atoms with E-state index in [2.05, 4.69) is 36.7 Å². The molecule has 1 aromatic heterocycles. The molecule has 0 spiro atoms. The Morgan fingerprint density at radius 2 is 1.91 bits per heavy atom. The summed E-state index contributed by atoms with van der Waals surface area (Å²) >= 11 is 3.59. The molecular weight excluding hydrogens is 536 g/mol. The van der Waals surface area contributed by atoms with Gasteiger partial charge >= 0.3 is 6.03 Å². The maximum absolute atomic E-state index is 13.1. The number of hydrogen-bond donors (Lipinski definition) is 2. The van der Waals surface area contributed by atoms with Gasteiger partial charge in [0.15, 0.2) is 5.82 Å². The molecule has 0 saturated carbocycles. The minimum Gasteiger partial charge on any atom is -0.399 e. The summed E-state index contributed by atoms with van der Waals surface area (Å²) in [5.74, 6) is 0.296. The molecule has 3 N–H and O–H groups in total. The van der Waals surface area contributed by atoms with Gasteiger partial charge in [-0.25, -0.2) is 4.79 Å². The number of anilines is 1. The third-order valence-electron chi connectivity index (χ3n) is 5.75. The van der Waals surface area contributed by atoms with E-state index in [4.69, 9.17) is 5.73 Å². The number of aryl methyl sites for hydroxylation is 1. The number of amides is 3. The maximum atomic E-state index is 13.1. The molecule has 1 saturated heterocycles. The minimum absolute atomic E-state index is 0. The third-order valence-corrected chi connectivity index (χ3v) is 6.47. The molecule has 1 aliphatic heterocycles. The second-order valence-corrected chi connectivity index (χ2v) is 9.07. The number of halogens is 2. The van der Waals surface area contributed by atoms with E-state index in [0.717, 1.165) is 28.4 Å².